The van der Waals surface area contributed by atoms with Gasteiger partial charge in [0.25, 0.3) is 0 Å². The van der Waals surface area contributed by atoms with E-state index in [4.69, 9.17) is 5.11 Å². The van der Waals surface area contributed by atoms with Crippen LogP contribution in [-0.4, -0.2) is 48.8 Å². The number of nitrogens with zero attached hydrogens (tertiary/aromatic N) is 1. The Morgan fingerprint density at radius 1 is 1.50 bits per heavy atom. The summed E-state index contributed by atoms with van der Waals surface area (Å²) in [5, 5.41) is 12.4. The van der Waals surface area contributed by atoms with Gasteiger partial charge < -0.3 is 15.3 Å². The molecule has 1 aliphatic heterocycles. The van der Waals surface area contributed by atoms with E-state index in [-0.39, 0.29) is 12.6 Å². The summed E-state index contributed by atoms with van der Waals surface area (Å²) in [6.45, 7) is 6.91. The van der Waals surface area contributed by atoms with Gasteiger partial charge in [-0.3, -0.25) is 0 Å². The molecule has 2 N–H and O–H groups in total. The van der Waals surface area contributed by atoms with Crippen molar-refractivity contribution in [3.63, 3.8) is 0 Å². The van der Waals surface area contributed by atoms with Crippen molar-refractivity contribution in [2.24, 2.45) is 5.92 Å². The lowest BCUT2D eigenvalue weighted by atomic mass is 9.91. The number of aliphatic hydroxyl groups excluding tert-OH is 1. The summed E-state index contributed by atoms with van der Waals surface area (Å²) in [6.07, 6.45) is 2.62. The van der Waals surface area contributed by atoms with Crippen molar-refractivity contribution in [2.75, 3.05) is 26.7 Å². The van der Waals surface area contributed by atoms with Crippen molar-refractivity contribution >= 4 is 0 Å². The summed E-state index contributed by atoms with van der Waals surface area (Å²) in [7, 11) is 2.19. The van der Waals surface area contributed by atoms with E-state index in [1.807, 2.05) is 6.92 Å². The maximum atomic E-state index is 8.96. The SMILES string of the molecule is CC(N[C@H](C)CO)C1CCCN(C)C1. The van der Waals surface area contributed by atoms with Crippen LogP contribution in [0.15, 0.2) is 0 Å². The Morgan fingerprint density at radius 2 is 2.21 bits per heavy atom. The van der Waals surface area contributed by atoms with E-state index in [0.717, 1.165) is 5.92 Å². The molecule has 0 spiro atoms. The molecule has 0 amide bonds. The van der Waals surface area contributed by atoms with Gasteiger partial charge in [0, 0.05) is 18.6 Å². The molecule has 1 fully saturated rings. The zero-order valence-corrected chi connectivity index (χ0v) is 9.66. The van der Waals surface area contributed by atoms with Gasteiger partial charge in [-0.2, -0.15) is 0 Å². The van der Waals surface area contributed by atoms with Crippen LogP contribution in [0.1, 0.15) is 26.7 Å². The van der Waals surface area contributed by atoms with E-state index in [1.165, 1.54) is 25.9 Å². The van der Waals surface area contributed by atoms with Crippen molar-refractivity contribution in [1.29, 1.82) is 0 Å². The van der Waals surface area contributed by atoms with Gasteiger partial charge >= 0.3 is 0 Å². The molecule has 14 heavy (non-hydrogen) atoms. The van der Waals surface area contributed by atoms with Gasteiger partial charge in [0.1, 0.15) is 0 Å². The van der Waals surface area contributed by atoms with Gasteiger partial charge in [0.2, 0.25) is 0 Å². The van der Waals surface area contributed by atoms with Crippen LogP contribution in [-0.2, 0) is 0 Å². The number of likely N-dealkylation sites (tertiary alicyclic amines) is 1. The highest BCUT2D eigenvalue weighted by molar-refractivity contribution is 4.80. The van der Waals surface area contributed by atoms with Crippen LogP contribution in [0.25, 0.3) is 0 Å². The largest absolute Gasteiger partial charge is 0.395 e. The third-order valence-corrected chi connectivity index (χ3v) is 3.19. The first-order chi connectivity index (χ1) is 6.63. The van der Waals surface area contributed by atoms with Crippen molar-refractivity contribution in [2.45, 2.75) is 38.8 Å². The molecular formula is C11H24N2O. The maximum absolute atomic E-state index is 8.96. The van der Waals surface area contributed by atoms with Crippen LogP contribution in [0.4, 0.5) is 0 Å². The van der Waals surface area contributed by atoms with Gasteiger partial charge in [0.05, 0.1) is 6.61 Å². The van der Waals surface area contributed by atoms with Crippen molar-refractivity contribution in [1.82, 2.24) is 10.2 Å². The summed E-state index contributed by atoms with van der Waals surface area (Å²) in [5.74, 6) is 0.739. The van der Waals surface area contributed by atoms with E-state index in [1.54, 1.807) is 0 Å². The first kappa shape index (κ1) is 12.0. The molecule has 1 rings (SSSR count). The Kier molecular flexibility index (Phi) is 4.85. The van der Waals surface area contributed by atoms with E-state index >= 15 is 0 Å². The second kappa shape index (κ2) is 5.69. The third kappa shape index (κ3) is 3.56. The predicted octanol–water partition coefficient (Wildman–Crippen LogP) is 0.687. The minimum Gasteiger partial charge on any atom is -0.395 e. The molecule has 84 valence electrons. The molecule has 3 nitrogen and oxygen atoms in total. The normalized spacial score (nSPS) is 28.7. The van der Waals surface area contributed by atoms with Crippen molar-refractivity contribution in [3.05, 3.63) is 0 Å². The minimum atomic E-state index is 0.220. The number of hydrogen-bond donors (Lipinski definition) is 2. The summed E-state index contributed by atoms with van der Waals surface area (Å²) >= 11 is 0. The molecular weight excluding hydrogens is 176 g/mol. The van der Waals surface area contributed by atoms with E-state index in [2.05, 4.69) is 24.2 Å². The van der Waals surface area contributed by atoms with E-state index in [9.17, 15) is 0 Å². The second-order valence-corrected chi connectivity index (χ2v) is 4.70. The van der Waals surface area contributed by atoms with Gasteiger partial charge in [-0.1, -0.05) is 0 Å². The number of hydrogen-bond acceptors (Lipinski definition) is 3. The second-order valence-electron chi connectivity index (χ2n) is 4.70. The summed E-state index contributed by atoms with van der Waals surface area (Å²) in [6, 6.07) is 0.733. The Balaban J connectivity index is 2.31. The van der Waals surface area contributed by atoms with Crippen LogP contribution in [0.3, 0.4) is 0 Å². The van der Waals surface area contributed by atoms with Crippen LogP contribution in [0.5, 0.6) is 0 Å². The minimum absolute atomic E-state index is 0.220. The molecule has 0 aromatic carbocycles. The Labute approximate surface area is 87.5 Å². The number of aliphatic hydroxyl groups is 1. The fourth-order valence-corrected chi connectivity index (χ4v) is 2.25. The molecule has 3 atom stereocenters. The van der Waals surface area contributed by atoms with E-state index < -0.39 is 0 Å². The van der Waals surface area contributed by atoms with E-state index in [0.29, 0.717) is 6.04 Å². The molecule has 2 unspecified atom stereocenters. The molecule has 0 radical (unpaired) electrons. The zero-order valence-electron chi connectivity index (χ0n) is 9.66. The first-order valence-electron chi connectivity index (χ1n) is 5.69. The van der Waals surface area contributed by atoms with Gasteiger partial charge in [0.15, 0.2) is 0 Å². The fraction of sp³-hybridized carbons (Fsp3) is 1.00. The highest BCUT2D eigenvalue weighted by Gasteiger charge is 2.23. The number of rotatable bonds is 4. The van der Waals surface area contributed by atoms with Crippen LogP contribution < -0.4 is 5.32 Å². The molecule has 0 aromatic heterocycles. The van der Waals surface area contributed by atoms with Gasteiger partial charge in [-0.05, 0) is 46.2 Å². The third-order valence-electron chi connectivity index (χ3n) is 3.19. The Hall–Kier alpha value is -0.120. The molecule has 0 aliphatic carbocycles. The lowest BCUT2D eigenvalue weighted by molar-refractivity contribution is 0.162. The zero-order chi connectivity index (χ0) is 10.6. The fourth-order valence-electron chi connectivity index (χ4n) is 2.25. The summed E-state index contributed by atoms with van der Waals surface area (Å²) in [5.41, 5.74) is 0. The molecule has 3 heteroatoms. The highest BCUT2D eigenvalue weighted by atomic mass is 16.3. The average Bonchev–Trinajstić information content (AvgIpc) is 2.17. The number of piperidine rings is 1. The lowest BCUT2D eigenvalue weighted by Crippen LogP contribution is -2.46. The van der Waals surface area contributed by atoms with Gasteiger partial charge in [-0.15, -0.1) is 0 Å². The summed E-state index contributed by atoms with van der Waals surface area (Å²) in [4.78, 5) is 2.40. The Bertz CT molecular complexity index is 163. The summed E-state index contributed by atoms with van der Waals surface area (Å²) < 4.78 is 0. The standard InChI is InChI=1S/C11H24N2O/c1-9(8-14)12-10(2)11-5-4-6-13(3)7-11/h9-12,14H,4-8H2,1-3H3/t9-,10?,11?/m1/s1. The molecule has 1 aliphatic rings. The molecule has 0 saturated carbocycles. The number of nitrogens with one attached hydrogen (secondary N) is 1. The van der Waals surface area contributed by atoms with Crippen LogP contribution in [0, 0.1) is 5.92 Å². The Morgan fingerprint density at radius 3 is 2.79 bits per heavy atom. The lowest BCUT2D eigenvalue weighted by Gasteiger charge is -2.35. The smallest absolute Gasteiger partial charge is 0.0582 e. The predicted molar refractivity (Wildman–Crippen MR) is 59.4 cm³/mol. The van der Waals surface area contributed by atoms with Crippen LogP contribution >= 0.6 is 0 Å². The topological polar surface area (TPSA) is 35.5 Å². The van der Waals surface area contributed by atoms with Crippen LogP contribution in [0.2, 0.25) is 0 Å². The maximum Gasteiger partial charge on any atom is 0.0582 e. The average molecular weight is 200 g/mol. The molecule has 0 bridgehead atoms. The highest BCUT2D eigenvalue weighted by Crippen LogP contribution is 2.18. The molecule has 0 aromatic rings. The quantitative estimate of drug-likeness (QED) is 0.701. The van der Waals surface area contributed by atoms with Crippen molar-refractivity contribution < 1.29 is 5.11 Å². The first-order valence-corrected chi connectivity index (χ1v) is 5.69. The van der Waals surface area contributed by atoms with Gasteiger partial charge in [-0.25, -0.2) is 0 Å². The van der Waals surface area contributed by atoms with Crippen molar-refractivity contribution in [3.8, 4) is 0 Å². The monoisotopic (exact) mass is 200 g/mol. The molecule has 1 heterocycles. The molecule has 1 saturated heterocycles.